The lowest BCUT2D eigenvalue weighted by Gasteiger charge is -2.11. The zero-order valence-electron chi connectivity index (χ0n) is 15.2. The van der Waals surface area contributed by atoms with Crippen molar-refractivity contribution >= 4 is 46.5 Å². The first-order chi connectivity index (χ1) is 12.9. The van der Waals surface area contributed by atoms with Crippen molar-refractivity contribution in [2.24, 2.45) is 4.99 Å². The van der Waals surface area contributed by atoms with Crippen molar-refractivity contribution in [2.75, 3.05) is 0 Å². The molecule has 27 heavy (non-hydrogen) atoms. The minimum atomic E-state index is -0.486. The van der Waals surface area contributed by atoms with E-state index < -0.39 is 5.97 Å². The highest BCUT2D eigenvalue weighted by atomic mass is 127. The molecule has 0 N–H and O–H groups in total. The van der Waals surface area contributed by atoms with Crippen LogP contribution in [0.4, 0.5) is 0 Å². The van der Waals surface area contributed by atoms with Crippen molar-refractivity contribution in [1.82, 2.24) is 0 Å². The van der Waals surface area contributed by atoms with E-state index in [4.69, 9.17) is 9.47 Å². The van der Waals surface area contributed by atoms with Crippen molar-refractivity contribution in [3.63, 3.8) is 0 Å². The van der Waals surface area contributed by atoms with Gasteiger partial charge in [0.25, 0.3) is 0 Å². The van der Waals surface area contributed by atoms with Gasteiger partial charge in [-0.25, -0.2) is 9.79 Å². The van der Waals surface area contributed by atoms with Gasteiger partial charge in [0.05, 0.1) is 0 Å². The number of carbonyl (C=O) groups is 2. The summed E-state index contributed by atoms with van der Waals surface area (Å²) in [6.07, 6.45) is 1.99. The fourth-order valence-electron chi connectivity index (χ4n) is 2.70. The second-order valence-electron chi connectivity index (χ2n) is 6.15. The van der Waals surface area contributed by atoms with E-state index in [-0.39, 0.29) is 11.7 Å². The maximum atomic E-state index is 12.2. The van der Waals surface area contributed by atoms with Crippen LogP contribution in [0, 0.1) is 17.4 Å². The quantitative estimate of drug-likeness (QED) is 0.281. The van der Waals surface area contributed by atoms with Gasteiger partial charge in [-0.15, -0.1) is 0 Å². The molecule has 0 atom stereocenters. The molecule has 0 radical (unpaired) electrons. The zero-order valence-corrected chi connectivity index (χ0v) is 17.4. The third-order valence-electron chi connectivity index (χ3n) is 4.00. The molecule has 6 heteroatoms. The van der Waals surface area contributed by atoms with Gasteiger partial charge in [0.15, 0.2) is 5.70 Å². The van der Waals surface area contributed by atoms with Crippen LogP contribution in [0.2, 0.25) is 0 Å². The Hall–Kier alpha value is -2.48. The molecule has 2 aromatic rings. The van der Waals surface area contributed by atoms with Crippen LogP contribution in [0.1, 0.15) is 35.6 Å². The molecule has 0 amide bonds. The largest absolute Gasteiger partial charge is 0.426 e. The van der Waals surface area contributed by atoms with Crippen LogP contribution in [-0.4, -0.2) is 17.8 Å². The zero-order chi connectivity index (χ0) is 19.6. The molecule has 1 aliphatic rings. The monoisotopic (exact) mass is 475 g/mol. The Balaban J connectivity index is 1.90. The number of esters is 2. The van der Waals surface area contributed by atoms with Crippen LogP contribution in [0.3, 0.4) is 0 Å². The highest BCUT2D eigenvalue weighted by Crippen LogP contribution is 2.27. The second-order valence-corrected chi connectivity index (χ2v) is 7.40. The molecule has 0 saturated carbocycles. The fraction of sp³-hybridized carbons (Fsp3) is 0.190. The summed E-state index contributed by atoms with van der Waals surface area (Å²) in [6, 6.07) is 11.3. The van der Waals surface area contributed by atoms with Gasteiger partial charge in [-0.05, 0) is 95.6 Å². The number of aryl methyl sites for hydroxylation is 2. The van der Waals surface area contributed by atoms with E-state index in [1.54, 1.807) is 13.0 Å². The van der Waals surface area contributed by atoms with Gasteiger partial charge in [-0.1, -0.05) is 6.92 Å². The molecule has 0 aliphatic carbocycles. The average molecular weight is 475 g/mol. The standard InChI is InChI=1S/C21H18INO4/c1-4-18(24)26-19-12(2)9-14(10-13(19)3)11-17-21(25)27-20(23-17)15-5-7-16(22)8-6-15/h5-11H,4H2,1-3H3/b17-11-. The van der Waals surface area contributed by atoms with Crippen LogP contribution in [0.25, 0.3) is 6.08 Å². The Bertz CT molecular complexity index is 951. The number of rotatable bonds is 4. The summed E-state index contributed by atoms with van der Waals surface area (Å²) < 4.78 is 11.8. The summed E-state index contributed by atoms with van der Waals surface area (Å²) in [5, 5.41) is 0. The van der Waals surface area contributed by atoms with E-state index in [9.17, 15) is 9.59 Å². The molecule has 5 nitrogen and oxygen atoms in total. The lowest BCUT2D eigenvalue weighted by molar-refractivity contribution is -0.134. The number of hydrogen-bond donors (Lipinski definition) is 0. The Kier molecular flexibility index (Phi) is 5.74. The van der Waals surface area contributed by atoms with E-state index in [0.717, 1.165) is 25.8 Å². The molecule has 0 unspecified atom stereocenters. The molecule has 3 rings (SSSR count). The van der Waals surface area contributed by atoms with Gasteiger partial charge in [0, 0.05) is 15.6 Å². The Morgan fingerprint density at radius 2 is 1.81 bits per heavy atom. The predicted molar refractivity (Wildman–Crippen MR) is 112 cm³/mol. The van der Waals surface area contributed by atoms with Crippen LogP contribution in [-0.2, 0) is 14.3 Å². The fourth-order valence-corrected chi connectivity index (χ4v) is 3.06. The smallest absolute Gasteiger partial charge is 0.363 e. The number of nitrogens with zero attached hydrogens (tertiary/aromatic N) is 1. The van der Waals surface area contributed by atoms with Gasteiger partial charge in [0.2, 0.25) is 5.90 Å². The highest BCUT2D eigenvalue weighted by molar-refractivity contribution is 14.1. The van der Waals surface area contributed by atoms with Crippen LogP contribution in [0.15, 0.2) is 47.1 Å². The molecule has 138 valence electrons. The number of benzene rings is 2. The number of ether oxygens (including phenoxy) is 2. The first kappa shape index (κ1) is 19.3. The molecular weight excluding hydrogens is 457 g/mol. The third-order valence-corrected chi connectivity index (χ3v) is 4.72. The predicted octanol–water partition coefficient (Wildman–Crippen LogP) is 4.57. The normalized spacial score (nSPS) is 14.9. The van der Waals surface area contributed by atoms with E-state index in [0.29, 0.717) is 18.1 Å². The Morgan fingerprint density at radius 3 is 2.41 bits per heavy atom. The molecule has 0 aromatic heterocycles. The van der Waals surface area contributed by atoms with Crippen LogP contribution < -0.4 is 4.74 Å². The Morgan fingerprint density at radius 1 is 1.19 bits per heavy atom. The third kappa shape index (κ3) is 4.44. The van der Waals surface area contributed by atoms with E-state index in [1.807, 2.05) is 50.2 Å². The number of cyclic esters (lactones) is 1. The highest BCUT2D eigenvalue weighted by Gasteiger charge is 2.24. The molecule has 2 aromatic carbocycles. The van der Waals surface area contributed by atoms with E-state index >= 15 is 0 Å². The summed E-state index contributed by atoms with van der Waals surface area (Å²) in [4.78, 5) is 28.1. The summed E-state index contributed by atoms with van der Waals surface area (Å²) >= 11 is 2.21. The SMILES string of the molecule is CCC(=O)Oc1c(C)cc(/C=C2\N=C(c3ccc(I)cc3)OC2=O)cc1C. The van der Waals surface area contributed by atoms with Gasteiger partial charge in [-0.2, -0.15) is 0 Å². The molecular formula is C21H18INO4. The van der Waals surface area contributed by atoms with Crippen LogP contribution >= 0.6 is 22.6 Å². The van der Waals surface area contributed by atoms with Crippen molar-refractivity contribution in [1.29, 1.82) is 0 Å². The minimum absolute atomic E-state index is 0.237. The molecule has 0 bridgehead atoms. The van der Waals surface area contributed by atoms with Crippen molar-refractivity contribution in [3.05, 3.63) is 67.9 Å². The maximum Gasteiger partial charge on any atom is 0.363 e. The maximum absolute atomic E-state index is 12.2. The lowest BCUT2D eigenvalue weighted by Crippen LogP contribution is -2.08. The van der Waals surface area contributed by atoms with Crippen LogP contribution in [0.5, 0.6) is 5.75 Å². The Labute approximate surface area is 171 Å². The molecule has 1 heterocycles. The second kappa shape index (κ2) is 8.04. The molecule has 0 saturated heterocycles. The summed E-state index contributed by atoms with van der Waals surface area (Å²) in [5.74, 6) is 0.0875. The van der Waals surface area contributed by atoms with Crippen molar-refractivity contribution < 1.29 is 19.1 Å². The number of carbonyl (C=O) groups excluding carboxylic acids is 2. The molecule has 0 spiro atoms. The van der Waals surface area contributed by atoms with Crippen molar-refractivity contribution in [2.45, 2.75) is 27.2 Å². The first-order valence-corrected chi connectivity index (χ1v) is 9.55. The molecule has 1 aliphatic heterocycles. The van der Waals surface area contributed by atoms with E-state index in [1.165, 1.54) is 0 Å². The van der Waals surface area contributed by atoms with E-state index in [2.05, 4.69) is 27.6 Å². The number of hydrogen-bond acceptors (Lipinski definition) is 5. The topological polar surface area (TPSA) is 65.0 Å². The average Bonchev–Trinajstić information content (AvgIpc) is 2.99. The van der Waals surface area contributed by atoms with Gasteiger partial charge in [0.1, 0.15) is 5.75 Å². The van der Waals surface area contributed by atoms with Crippen molar-refractivity contribution in [3.8, 4) is 5.75 Å². The van der Waals surface area contributed by atoms with Gasteiger partial charge < -0.3 is 9.47 Å². The minimum Gasteiger partial charge on any atom is -0.426 e. The summed E-state index contributed by atoms with van der Waals surface area (Å²) in [5.41, 5.74) is 3.41. The lowest BCUT2D eigenvalue weighted by atomic mass is 10.0. The molecule has 0 fully saturated rings. The van der Waals surface area contributed by atoms with Gasteiger partial charge in [-0.3, -0.25) is 4.79 Å². The van der Waals surface area contributed by atoms with Gasteiger partial charge >= 0.3 is 11.9 Å². The summed E-state index contributed by atoms with van der Waals surface area (Å²) in [7, 11) is 0. The first-order valence-electron chi connectivity index (χ1n) is 8.48. The number of aliphatic imine (C=N–C) groups is 1. The number of halogens is 1. The summed E-state index contributed by atoms with van der Waals surface area (Å²) in [6.45, 7) is 5.47.